The number of nitrogens with one attached hydrogen (secondary N) is 1. The molecule has 0 aliphatic rings. The minimum absolute atomic E-state index is 0.0768. The SMILES string of the molecule is CCOc1ccc(S(=O)(=O)N/N=C\c2cc(OC)c(OC)c(OC)c2)cc1. The van der Waals surface area contributed by atoms with Gasteiger partial charge in [-0.3, -0.25) is 0 Å². The smallest absolute Gasteiger partial charge is 0.276 e. The molecule has 0 radical (unpaired) electrons. The Balaban J connectivity index is 2.18. The van der Waals surface area contributed by atoms with Gasteiger partial charge in [-0.25, -0.2) is 4.83 Å². The van der Waals surface area contributed by atoms with Gasteiger partial charge in [0.2, 0.25) is 5.75 Å². The number of methoxy groups -OCH3 is 3. The lowest BCUT2D eigenvalue weighted by Gasteiger charge is -2.12. The molecule has 0 heterocycles. The van der Waals surface area contributed by atoms with Crippen molar-refractivity contribution in [2.24, 2.45) is 5.10 Å². The fourth-order valence-electron chi connectivity index (χ4n) is 2.28. The number of hydrogen-bond acceptors (Lipinski definition) is 7. The van der Waals surface area contributed by atoms with Crippen molar-refractivity contribution >= 4 is 16.2 Å². The maximum Gasteiger partial charge on any atom is 0.276 e. The van der Waals surface area contributed by atoms with Crippen LogP contribution in [-0.2, 0) is 10.0 Å². The van der Waals surface area contributed by atoms with Gasteiger partial charge in [0.25, 0.3) is 10.0 Å². The minimum atomic E-state index is -3.80. The van der Waals surface area contributed by atoms with E-state index in [0.717, 1.165) is 0 Å². The van der Waals surface area contributed by atoms with Crippen molar-refractivity contribution in [3.8, 4) is 23.0 Å². The van der Waals surface area contributed by atoms with E-state index in [1.165, 1.54) is 39.7 Å². The van der Waals surface area contributed by atoms with Gasteiger partial charge in [0.05, 0.1) is 39.0 Å². The summed E-state index contributed by atoms with van der Waals surface area (Å²) >= 11 is 0. The molecule has 0 aromatic heterocycles. The van der Waals surface area contributed by atoms with E-state index in [-0.39, 0.29) is 4.90 Å². The molecule has 0 spiro atoms. The third-order valence-corrected chi connectivity index (χ3v) is 4.76. The van der Waals surface area contributed by atoms with Crippen LogP contribution in [0, 0.1) is 0 Å². The fraction of sp³-hybridized carbons (Fsp3) is 0.278. The Hall–Kier alpha value is -2.94. The first-order valence-corrected chi connectivity index (χ1v) is 9.51. The van der Waals surface area contributed by atoms with Gasteiger partial charge in [0.1, 0.15) is 5.75 Å². The molecule has 2 aromatic rings. The van der Waals surface area contributed by atoms with Crippen molar-refractivity contribution in [3.63, 3.8) is 0 Å². The average Bonchev–Trinajstić information content (AvgIpc) is 2.67. The molecule has 0 saturated heterocycles. The van der Waals surface area contributed by atoms with Crippen LogP contribution < -0.4 is 23.8 Å². The molecular weight excluding hydrogens is 372 g/mol. The van der Waals surface area contributed by atoms with Crippen LogP contribution in [0.4, 0.5) is 0 Å². The Morgan fingerprint density at radius 1 is 1.00 bits per heavy atom. The van der Waals surface area contributed by atoms with Crippen molar-refractivity contribution in [1.29, 1.82) is 0 Å². The number of benzene rings is 2. The Kier molecular flexibility index (Phi) is 6.89. The van der Waals surface area contributed by atoms with Crippen LogP contribution in [0.25, 0.3) is 0 Å². The fourth-order valence-corrected chi connectivity index (χ4v) is 3.07. The molecule has 1 N–H and O–H groups in total. The summed E-state index contributed by atoms with van der Waals surface area (Å²) in [4.78, 5) is 2.24. The van der Waals surface area contributed by atoms with Gasteiger partial charge in [0, 0.05) is 5.56 Å². The largest absolute Gasteiger partial charge is 0.494 e. The third-order valence-electron chi connectivity index (χ3n) is 3.52. The number of hydrogen-bond donors (Lipinski definition) is 1. The number of rotatable bonds is 9. The topological polar surface area (TPSA) is 95.5 Å². The summed E-state index contributed by atoms with van der Waals surface area (Å²) in [7, 11) is 0.688. The molecular formula is C18H22N2O6S. The quantitative estimate of drug-likeness (QED) is 0.518. The Bertz CT molecular complexity index is 870. The summed E-state index contributed by atoms with van der Waals surface area (Å²) in [5.41, 5.74) is 0.568. The van der Waals surface area contributed by atoms with E-state index in [4.69, 9.17) is 18.9 Å². The normalized spacial score (nSPS) is 11.3. The first-order chi connectivity index (χ1) is 12.9. The predicted octanol–water partition coefficient (Wildman–Crippen LogP) is 2.42. The lowest BCUT2D eigenvalue weighted by molar-refractivity contribution is 0.324. The van der Waals surface area contributed by atoms with Gasteiger partial charge < -0.3 is 18.9 Å². The summed E-state index contributed by atoms with van der Waals surface area (Å²) in [5.74, 6) is 1.91. The molecule has 0 saturated carbocycles. The molecule has 0 aliphatic carbocycles. The van der Waals surface area contributed by atoms with Gasteiger partial charge >= 0.3 is 0 Å². The highest BCUT2D eigenvalue weighted by molar-refractivity contribution is 7.89. The zero-order valence-electron chi connectivity index (χ0n) is 15.6. The molecule has 27 heavy (non-hydrogen) atoms. The first kappa shape index (κ1) is 20.4. The standard InChI is InChI=1S/C18H22N2O6S/c1-5-26-14-6-8-15(9-7-14)27(21,22)20-19-12-13-10-16(23-2)18(25-4)17(11-13)24-3/h6-12,20H,5H2,1-4H3/b19-12-. The molecule has 0 bridgehead atoms. The number of ether oxygens (including phenoxy) is 4. The molecule has 0 unspecified atom stereocenters. The van der Waals surface area contributed by atoms with E-state index < -0.39 is 10.0 Å². The molecule has 9 heteroatoms. The number of sulfonamides is 1. The molecule has 146 valence electrons. The van der Waals surface area contributed by atoms with Gasteiger partial charge in [0.15, 0.2) is 11.5 Å². The van der Waals surface area contributed by atoms with Crippen molar-refractivity contribution < 1.29 is 27.4 Å². The summed E-state index contributed by atoms with van der Waals surface area (Å²) in [6.45, 7) is 2.35. The van der Waals surface area contributed by atoms with E-state index in [0.29, 0.717) is 35.2 Å². The molecule has 0 fully saturated rings. The van der Waals surface area contributed by atoms with Crippen molar-refractivity contribution in [2.45, 2.75) is 11.8 Å². The van der Waals surface area contributed by atoms with E-state index >= 15 is 0 Å². The van der Waals surface area contributed by atoms with Crippen molar-refractivity contribution in [1.82, 2.24) is 4.83 Å². The zero-order chi connectivity index (χ0) is 19.9. The van der Waals surface area contributed by atoms with E-state index in [9.17, 15) is 8.42 Å². The Morgan fingerprint density at radius 2 is 1.59 bits per heavy atom. The van der Waals surface area contributed by atoms with Gasteiger partial charge in [-0.1, -0.05) is 0 Å². The second kappa shape index (κ2) is 9.13. The van der Waals surface area contributed by atoms with Crippen LogP contribution in [-0.4, -0.2) is 42.6 Å². The maximum absolute atomic E-state index is 12.3. The highest BCUT2D eigenvalue weighted by atomic mass is 32.2. The van der Waals surface area contributed by atoms with Crippen LogP contribution in [0.5, 0.6) is 23.0 Å². The first-order valence-electron chi connectivity index (χ1n) is 8.03. The maximum atomic E-state index is 12.3. The monoisotopic (exact) mass is 394 g/mol. The molecule has 8 nitrogen and oxygen atoms in total. The van der Waals surface area contributed by atoms with Crippen molar-refractivity contribution in [3.05, 3.63) is 42.0 Å². The lowest BCUT2D eigenvalue weighted by atomic mass is 10.2. The Labute approximate surface area is 158 Å². The Morgan fingerprint density at radius 3 is 2.07 bits per heavy atom. The lowest BCUT2D eigenvalue weighted by Crippen LogP contribution is -2.18. The molecule has 0 atom stereocenters. The van der Waals surface area contributed by atoms with Crippen molar-refractivity contribution in [2.75, 3.05) is 27.9 Å². The number of nitrogens with zero attached hydrogens (tertiary/aromatic N) is 1. The van der Waals surface area contributed by atoms with E-state index in [1.807, 2.05) is 6.92 Å². The second-order valence-corrected chi connectivity index (χ2v) is 6.88. The molecule has 0 amide bonds. The van der Waals surface area contributed by atoms with Crippen LogP contribution in [0.1, 0.15) is 12.5 Å². The molecule has 0 aliphatic heterocycles. The predicted molar refractivity (Wildman–Crippen MR) is 102 cm³/mol. The highest BCUT2D eigenvalue weighted by Gasteiger charge is 2.14. The zero-order valence-corrected chi connectivity index (χ0v) is 16.4. The van der Waals surface area contributed by atoms with Crippen LogP contribution >= 0.6 is 0 Å². The van der Waals surface area contributed by atoms with Crippen LogP contribution in [0.2, 0.25) is 0 Å². The minimum Gasteiger partial charge on any atom is -0.494 e. The van der Waals surface area contributed by atoms with Gasteiger partial charge in [-0.2, -0.15) is 13.5 Å². The van der Waals surface area contributed by atoms with Gasteiger partial charge in [-0.15, -0.1) is 0 Å². The third kappa shape index (κ3) is 5.04. The average molecular weight is 394 g/mol. The highest BCUT2D eigenvalue weighted by Crippen LogP contribution is 2.37. The molecule has 2 aromatic carbocycles. The number of hydrazone groups is 1. The second-order valence-electron chi connectivity index (χ2n) is 5.22. The van der Waals surface area contributed by atoms with Crippen LogP contribution in [0.15, 0.2) is 46.4 Å². The molecule has 2 rings (SSSR count). The summed E-state index contributed by atoms with van der Waals surface area (Å²) in [5, 5.41) is 3.81. The van der Waals surface area contributed by atoms with Crippen LogP contribution in [0.3, 0.4) is 0 Å². The van der Waals surface area contributed by atoms with E-state index in [1.54, 1.807) is 24.3 Å². The van der Waals surface area contributed by atoms with Gasteiger partial charge in [-0.05, 0) is 43.3 Å². The summed E-state index contributed by atoms with van der Waals surface area (Å²) in [6.07, 6.45) is 1.34. The summed E-state index contributed by atoms with van der Waals surface area (Å²) < 4.78 is 45.6. The summed E-state index contributed by atoms with van der Waals surface area (Å²) in [6, 6.07) is 9.36. The van der Waals surface area contributed by atoms with E-state index in [2.05, 4.69) is 9.93 Å².